The van der Waals surface area contributed by atoms with Crippen LogP contribution in [0.15, 0.2) is 54.6 Å². The molecule has 9 heteroatoms. The van der Waals surface area contributed by atoms with E-state index >= 15 is 0 Å². The maximum atomic E-state index is 13.1. The molecule has 2 aromatic carbocycles. The molecule has 0 spiro atoms. The number of anilines is 1. The Bertz CT molecular complexity index is 1070. The Morgan fingerprint density at radius 1 is 1.25 bits per heavy atom. The Labute approximate surface area is 185 Å². The van der Waals surface area contributed by atoms with Gasteiger partial charge in [-0.05, 0) is 24.1 Å². The molecule has 3 N–H and O–H groups in total. The molecule has 0 unspecified atom stereocenters. The molecule has 168 valence electrons. The summed E-state index contributed by atoms with van der Waals surface area (Å²) in [7, 11) is 0. The monoisotopic (exact) mass is 438 g/mol. The van der Waals surface area contributed by atoms with Crippen molar-refractivity contribution in [2.45, 2.75) is 38.5 Å². The quantitative estimate of drug-likeness (QED) is 0.509. The first-order valence-corrected chi connectivity index (χ1v) is 10.4. The summed E-state index contributed by atoms with van der Waals surface area (Å²) >= 11 is 0. The van der Waals surface area contributed by atoms with E-state index in [1.807, 2.05) is 59.2 Å². The Kier molecular flexibility index (Phi) is 7.93. The smallest absolute Gasteiger partial charge is 0.290 e. The lowest BCUT2D eigenvalue weighted by atomic mass is 9.99. The van der Waals surface area contributed by atoms with Gasteiger partial charge in [-0.3, -0.25) is 19.7 Å². The number of amides is 2. The summed E-state index contributed by atoms with van der Waals surface area (Å²) in [4.78, 5) is 38.0. The lowest BCUT2D eigenvalue weighted by molar-refractivity contribution is -0.145. The summed E-state index contributed by atoms with van der Waals surface area (Å²) in [6.07, 6.45) is 1.18. The molecule has 32 heavy (non-hydrogen) atoms. The van der Waals surface area contributed by atoms with Crippen molar-refractivity contribution in [3.63, 3.8) is 0 Å². The van der Waals surface area contributed by atoms with E-state index in [9.17, 15) is 9.59 Å². The Morgan fingerprint density at radius 2 is 1.94 bits per heavy atom. The third kappa shape index (κ3) is 5.30. The molecule has 3 aromatic rings. The third-order valence-corrected chi connectivity index (χ3v) is 5.06. The number of unbranched alkanes of at least 4 members (excludes halogenated alkanes) is 1. The summed E-state index contributed by atoms with van der Waals surface area (Å²) < 4.78 is 7.65. The fourth-order valence-corrected chi connectivity index (χ4v) is 3.59. The highest BCUT2D eigenvalue weighted by molar-refractivity contribution is 5.96. The molecule has 2 amide bonds. The molecule has 1 aromatic heterocycles. The van der Waals surface area contributed by atoms with E-state index in [4.69, 9.17) is 14.6 Å². The first-order valence-electron chi connectivity index (χ1n) is 10.4. The predicted octanol–water partition coefficient (Wildman–Crippen LogP) is 2.73. The molecule has 0 radical (unpaired) electrons. The number of carbonyl (C=O) groups is 3. The van der Waals surface area contributed by atoms with Gasteiger partial charge < -0.3 is 19.7 Å². The predicted molar refractivity (Wildman–Crippen MR) is 119 cm³/mol. The molecule has 1 aliphatic heterocycles. The van der Waals surface area contributed by atoms with Gasteiger partial charge in [-0.15, -0.1) is 0 Å². The number of aryl methyl sites for hydroxylation is 1. The number of para-hydroxylation sites is 2. The van der Waals surface area contributed by atoms with E-state index in [-0.39, 0.29) is 24.9 Å². The van der Waals surface area contributed by atoms with Crippen LogP contribution in [0.5, 0.6) is 0 Å². The highest BCUT2D eigenvalue weighted by Crippen LogP contribution is 2.25. The molecule has 2 heterocycles. The first-order chi connectivity index (χ1) is 15.6. The number of benzene rings is 2. The van der Waals surface area contributed by atoms with E-state index < -0.39 is 12.1 Å². The van der Waals surface area contributed by atoms with Gasteiger partial charge >= 0.3 is 0 Å². The zero-order chi connectivity index (χ0) is 22.9. The van der Waals surface area contributed by atoms with Crippen molar-refractivity contribution in [3.05, 3.63) is 60.2 Å². The second-order valence-corrected chi connectivity index (χ2v) is 7.21. The average Bonchev–Trinajstić information content (AvgIpc) is 3.15. The minimum Gasteiger partial charge on any atom is -0.483 e. The normalized spacial score (nSPS) is 17.7. The molecule has 0 aliphatic carbocycles. The molecular weight excluding hydrogens is 412 g/mol. The number of nitrogens with one attached hydrogen (secondary N) is 2. The van der Waals surface area contributed by atoms with Gasteiger partial charge in [0, 0.05) is 6.54 Å². The number of hydrogen-bond acceptors (Lipinski definition) is 5. The molecule has 9 nitrogen and oxygen atoms in total. The fourth-order valence-electron chi connectivity index (χ4n) is 3.59. The fraction of sp³-hybridized carbons (Fsp3) is 0.304. The van der Waals surface area contributed by atoms with E-state index in [0.29, 0.717) is 5.95 Å². The summed E-state index contributed by atoms with van der Waals surface area (Å²) in [5.41, 5.74) is 2.63. The van der Waals surface area contributed by atoms with Crippen LogP contribution in [0.2, 0.25) is 0 Å². The summed E-state index contributed by atoms with van der Waals surface area (Å²) in [6.45, 7) is 2.49. The van der Waals surface area contributed by atoms with Gasteiger partial charge in [0.25, 0.3) is 12.4 Å². The van der Waals surface area contributed by atoms with Gasteiger partial charge in [0.1, 0.15) is 6.61 Å². The van der Waals surface area contributed by atoms with E-state index in [2.05, 4.69) is 22.5 Å². The second kappa shape index (κ2) is 11.1. The number of aromatic nitrogens is 2. The van der Waals surface area contributed by atoms with Crippen molar-refractivity contribution >= 4 is 35.3 Å². The number of carbonyl (C=O) groups excluding carboxylic acids is 2. The van der Waals surface area contributed by atoms with Crippen LogP contribution in [0.4, 0.5) is 5.95 Å². The van der Waals surface area contributed by atoms with Crippen LogP contribution >= 0.6 is 0 Å². The molecule has 2 atom stereocenters. The largest absolute Gasteiger partial charge is 0.483 e. The number of hydrogen-bond donors (Lipinski definition) is 3. The standard InChI is InChI=1S/C22H24N4O3.CH2O2/c1-2-3-13-26-17-12-8-7-11-16(17)23-22(26)25-21(28)20-19(24-18(27)14-29-20)15-9-5-4-6-10-15;2-1-3/h4-12,19-20H,2-3,13-14H2,1H3,(H,24,27)(H,23,25,28);1H,(H,2,3)/t19-,20+;/m1./s1. The van der Waals surface area contributed by atoms with Gasteiger partial charge in [0.15, 0.2) is 6.10 Å². The first kappa shape index (κ1) is 23.0. The average molecular weight is 438 g/mol. The van der Waals surface area contributed by atoms with Gasteiger partial charge in [0.2, 0.25) is 11.9 Å². The molecular formula is C23H26N4O5. The van der Waals surface area contributed by atoms with Crippen LogP contribution in [-0.4, -0.2) is 45.7 Å². The lowest BCUT2D eigenvalue weighted by Gasteiger charge is -2.31. The van der Waals surface area contributed by atoms with Crippen LogP contribution in [0, 0.1) is 0 Å². The number of fused-ring (bicyclic) bond motifs is 1. The number of nitrogens with zero attached hydrogens (tertiary/aromatic N) is 2. The van der Waals surface area contributed by atoms with Crippen LogP contribution in [0.3, 0.4) is 0 Å². The van der Waals surface area contributed by atoms with Crippen LogP contribution in [0.25, 0.3) is 11.0 Å². The van der Waals surface area contributed by atoms with Gasteiger partial charge in [-0.1, -0.05) is 55.8 Å². The van der Waals surface area contributed by atoms with Gasteiger partial charge in [-0.25, -0.2) is 4.98 Å². The number of ether oxygens (including phenoxy) is 1. The molecule has 1 fully saturated rings. The topological polar surface area (TPSA) is 123 Å². The van der Waals surface area contributed by atoms with E-state index in [1.54, 1.807) is 0 Å². The summed E-state index contributed by atoms with van der Waals surface area (Å²) in [6, 6.07) is 16.6. The van der Waals surface area contributed by atoms with Crippen molar-refractivity contribution in [1.82, 2.24) is 14.9 Å². The molecule has 0 bridgehead atoms. The maximum Gasteiger partial charge on any atom is 0.290 e. The maximum absolute atomic E-state index is 13.1. The SMILES string of the molecule is CCCCn1c(NC(=O)[C@H]2OCC(=O)N[C@@H]2c2ccccc2)nc2ccccc21.O=CO. The Morgan fingerprint density at radius 3 is 2.66 bits per heavy atom. The van der Waals surface area contributed by atoms with Gasteiger partial charge in [0.05, 0.1) is 17.1 Å². The van der Waals surface area contributed by atoms with E-state index in [0.717, 1.165) is 36.0 Å². The number of carboxylic acid groups (broad SMARTS) is 1. The molecule has 1 saturated heterocycles. The van der Waals surface area contributed by atoms with Crippen LogP contribution in [0.1, 0.15) is 31.4 Å². The van der Waals surface area contributed by atoms with E-state index in [1.165, 1.54) is 0 Å². The number of imidazole rings is 1. The highest BCUT2D eigenvalue weighted by Gasteiger charge is 2.36. The van der Waals surface area contributed by atoms with Crippen molar-refractivity contribution in [3.8, 4) is 0 Å². The zero-order valence-electron chi connectivity index (χ0n) is 17.7. The summed E-state index contributed by atoms with van der Waals surface area (Å²) in [5.74, 6) is -0.0676. The summed E-state index contributed by atoms with van der Waals surface area (Å²) in [5, 5.41) is 12.7. The van der Waals surface area contributed by atoms with Crippen LogP contribution in [-0.2, 0) is 25.7 Å². The van der Waals surface area contributed by atoms with Gasteiger partial charge in [-0.2, -0.15) is 0 Å². The minimum absolute atomic E-state index is 0.145. The molecule has 1 aliphatic rings. The third-order valence-electron chi connectivity index (χ3n) is 5.06. The highest BCUT2D eigenvalue weighted by atomic mass is 16.5. The van der Waals surface area contributed by atoms with Crippen LogP contribution < -0.4 is 10.6 Å². The Balaban J connectivity index is 0.000000913. The second-order valence-electron chi connectivity index (χ2n) is 7.21. The Hall–Kier alpha value is -3.72. The minimum atomic E-state index is -0.838. The number of rotatable bonds is 6. The lowest BCUT2D eigenvalue weighted by Crippen LogP contribution is -2.50. The number of morpholine rings is 1. The van der Waals surface area contributed by atoms with Crippen molar-refractivity contribution in [2.75, 3.05) is 11.9 Å². The van der Waals surface area contributed by atoms with Crippen molar-refractivity contribution < 1.29 is 24.2 Å². The van der Waals surface area contributed by atoms with Crippen molar-refractivity contribution in [1.29, 1.82) is 0 Å². The molecule has 4 rings (SSSR count). The zero-order valence-corrected chi connectivity index (χ0v) is 17.7. The van der Waals surface area contributed by atoms with Crippen molar-refractivity contribution in [2.24, 2.45) is 0 Å². The molecule has 0 saturated carbocycles.